The Morgan fingerprint density at radius 3 is 2.74 bits per heavy atom. The van der Waals surface area contributed by atoms with Gasteiger partial charge in [0.1, 0.15) is 5.82 Å². The van der Waals surface area contributed by atoms with Gasteiger partial charge in [0.15, 0.2) is 5.69 Å². The highest BCUT2D eigenvalue weighted by molar-refractivity contribution is 5.95. The molecule has 3 amide bonds. The lowest BCUT2D eigenvalue weighted by Gasteiger charge is -2.32. The number of nitrogens with one attached hydrogen (secondary N) is 1. The topological polar surface area (TPSA) is 87.5 Å². The van der Waals surface area contributed by atoms with Crippen molar-refractivity contribution < 1.29 is 18.8 Å². The van der Waals surface area contributed by atoms with Gasteiger partial charge in [-0.1, -0.05) is 12.1 Å². The zero-order chi connectivity index (χ0) is 23.8. The van der Waals surface area contributed by atoms with Crippen molar-refractivity contribution in [1.29, 1.82) is 0 Å². The van der Waals surface area contributed by atoms with E-state index >= 15 is 0 Å². The molecule has 5 rings (SSSR count). The van der Waals surface area contributed by atoms with Crippen molar-refractivity contribution in [2.24, 2.45) is 13.0 Å². The van der Waals surface area contributed by atoms with Crippen molar-refractivity contribution in [1.82, 2.24) is 24.9 Å². The van der Waals surface area contributed by atoms with Crippen LogP contribution < -0.4 is 5.32 Å². The fraction of sp³-hybridized carbons (Fsp3) is 0.520. The Morgan fingerprint density at radius 2 is 1.97 bits per heavy atom. The first-order valence-corrected chi connectivity index (χ1v) is 12.1. The summed E-state index contributed by atoms with van der Waals surface area (Å²) in [7, 11) is 1.82. The van der Waals surface area contributed by atoms with Crippen molar-refractivity contribution >= 4 is 17.7 Å². The van der Waals surface area contributed by atoms with Gasteiger partial charge in [-0.05, 0) is 43.4 Å². The van der Waals surface area contributed by atoms with Crippen molar-refractivity contribution in [3.05, 3.63) is 52.6 Å². The first kappa shape index (κ1) is 22.6. The predicted octanol–water partition coefficient (Wildman–Crippen LogP) is 1.82. The number of carbonyl (C=O) groups excluding carboxylic acids is 3. The van der Waals surface area contributed by atoms with Crippen molar-refractivity contribution in [3.63, 3.8) is 0 Å². The molecule has 2 aromatic rings. The van der Waals surface area contributed by atoms with Gasteiger partial charge in [-0.2, -0.15) is 5.10 Å². The highest BCUT2D eigenvalue weighted by atomic mass is 19.1. The molecule has 3 aliphatic rings. The lowest BCUT2D eigenvalue weighted by atomic mass is 9.96. The molecule has 8 nitrogen and oxygen atoms in total. The van der Waals surface area contributed by atoms with Gasteiger partial charge in [0, 0.05) is 56.9 Å². The van der Waals surface area contributed by atoms with E-state index in [0.717, 1.165) is 36.9 Å². The molecular formula is C25H30FN5O3. The number of aryl methyl sites for hydroxylation is 1. The number of nitrogens with zero attached hydrogens (tertiary/aromatic N) is 4. The molecule has 0 unspecified atom stereocenters. The number of piperidine rings is 1. The summed E-state index contributed by atoms with van der Waals surface area (Å²) in [6, 6.07) is 6.37. The highest BCUT2D eigenvalue weighted by Crippen LogP contribution is 2.27. The second kappa shape index (κ2) is 9.19. The van der Waals surface area contributed by atoms with Gasteiger partial charge in [0.25, 0.3) is 5.91 Å². The minimum Gasteiger partial charge on any atom is -0.353 e. The normalized spacial score (nSPS) is 20.1. The number of benzene rings is 1. The van der Waals surface area contributed by atoms with E-state index in [-0.39, 0.29) is 35.9 Å². The van der Waals surface area contributed by atoms with Gasteiger partial charge in [0.2, 0.25) is 11.8 Å². The van der Waals surface area contributed by atoms with E-state index in [9.17, 15) is 18.8 Å². The zero-order valence-corrected chi connectivity index (χ0v) is 19.4. The summed E-state index contributed by atoms with van der Waals surface area (Å²) in [5, 5.41) is 7.58. The monoisotopic (exact) mass is 467 g/mol. The first-order chi connectivity index (χ1) is 16.4. The van der Waals surface area contributed by atoms with Crippen LogP contribution in [0.25, 0.3) is 0 Å². The Morgan fingerprint density at radius 1 is 1.15 bits per heavy atom. The number of fused-ring (bicyclic) bond motifs is 1. The third-order valence-electron chi connectivity index (χ3n) is 7.05. The van der Waals surface area contributed by atoms with Crippen LogP contribution in [-0.4, -0.2) is 63.0 Å². The smallest absolute Gasteiger partial charge is 0.274 e. The number of rotatable bonds is 5. The lowest BCUT2D eigenvalue weighted by Crippen LogP contribution is -2.46. The average Bonchev–Trinajstić information content (AvgIpc) is 3.59. The number of carbonyl (C=O) groups is 3. The fourth-order valence-electron chi connectivity index (χ4n) is 4.98. The minimum atomic E-state index is -0.364. The lowest BCUT2D eigenvalue weighted by molar-refractivity contribution is -0.131. The van der Waals surface area contributed by atoms with E-state index in [0.29, 0.717) is 49.9 Å². The maximum Gasteiger partial charge on any atom is 0.274 e. The quantitative estimate of drug-likeness (QED) is 0.727. The first-order valence-electron chi connectivity index (χ1n) is 12.1. The molecule has 2 aliphatic heterocycles. The molecule has 1 saturated carbocycles. The molecule has 1 aromatic heterocycles. The second-order valence-electron chi connectivity index (χ2n) is 9.64. The molecule has 180 valence electrons. The van der Waals surface area contributed by atoms with E-state index < -0.39 is 0 Å². The van der Waals surface area contributed by atoms with Crippen LogP contribution in [0.15, 0.2) is 24.3 Å². The number of halogens is 1. The molecule has 9 heteroatoms. The molecule has 3 heterocycles. The van der Waals surface area contributed by atoms with Crippen LogP contribution in [0.1, 0.15) is 53.0 Å². The van der Waals surface area contributed by atoms with E-state index in [1.807, 2.05) is 7.05 Å². The average molecular weight is 468 g/mol. The Balaban J connectivity index is 1.29. The Hall–Kier alpha value is -3.23. The maximum absolute atomic E-state index is 13.5. The van der Waals surface area contributed by atoms with Crippen molar-refractivity contribution in [2.75, 3.05) is 19.6 Å². The van der Waals surface area contributed by atoms with Crippen molar-refractivity contribution in [3.8, 4) is 0 Å². The second-order valence-corrected chi connectivity index (χ2v) is 9.64. The molecule has 1 saturated heterocycles. The molecular weight excluding hydrogens is 437 g/mol. The standard InChI is InChI=1S/C25H30FN5O3/c1-29-21-9-11-30(22(32)13-16-4-2-6-18(26)12-16)15-20(21)23(28-29)25(34)31-10-3-5-17(14-31)24(33)27-19-7-8-19/h2,4,6,12,17,19H,3,5,7-11,13-15H2,1H3,(H,27,33)/t17-/m1/s1. The number of amides is 3. The summed E-state index contributed by atoms with van der Waals surface area (Å²) in [5.41, 5.74) is 2.72. The zero-order valence-electron chi connectivity index (χ0n) is 19.4. The van der Waals surface area contributed by atoms with Gasteiger partial charge in [-0.25, -0.2) is 4.39 Å². The van der Waals surface area contributed by atoms with Gasteiger partial charge < -0.3 is 15.1 Å². The van der Waals surface area contributed by atoms with Gasteiger partial charge in [0.05, 0.1) is 12.3 Å². The molecule has 1 aromatic carbocycles. The van der Waals surface area contributed by atoms with Crippen LogP contribution in [0.5, 0.6) is 0 Å². The summed E-state index contributed by atoms with van der Waals surface area (Å²) in [5.74, 6) is -0.801. The number of hydrogen-bond acceptors (Lipinski definition) is 4. The Labute approximate surface area is 198 Å². The summed E-state index contributed by atoms with van der Waals surface area (Å²) in [6.07, 6.45) is 4.35. The van der Waals surface area contributed by atoms with Crippen LogP contribution in [0, 0.1) is 11.7 Å². The molecule has 34 heavy (non-hydrogen) atoms. The van der Waals surface area contributed by atoms with Crippen LogP contribution in [0.4, 0.5) is 4.39 Å². The highest BCUT2D eigenvalue weighted by Gasteiger charge is 2.35. The summed E-state index contributed by atoms with van der Waals surface area (Å²) in [4.78, 5) is 42.4. The van der Waals surface area contributed by atoms with E-state index in [1.165, 1.54) is 12.1 Å². The number of hydrogen-bond donors (Lipinski definition) is 1. The van der Waals surface area contributed by atoms with E-state index in [1.54, 1.807) is 26.6 Å². The Bertz CT molecular complexity index is 1130. The Kier molecular flexibility index (Phi) is 6.10. The molecule has 0 radical (unpaired) electrons. The molecule has 2 fully saturated rings. The van der Waals surface area contributed by atoms with Gasteiger partial charge in [-0.3, -0.25) is 19.1 Å². The molecule has 0 bridgehead atoms. The molecule has 0 spiro atoms. The van der Waals surface area contributed by atoms with Crippen LogP contribution in [0.3, 0.4) is 0 Å². The number of likely N-dealkylation sites (tertiary alicyclic amines) is 1. The van der Waals surface area contributed by atoms with E-state index in [2.05, 4.69) is 10.4 Å². The summed E-state index contributed by atoms with van der Waals surface area (Å²) >= 11 is 0. The maximum atomic E-state index is 13.5. The van der Waals surface area contributed by atoms with Crippen LogP contribution >= 0.6 is 0 Å². The summed E-state index contributed by atoms with van der Waals surface area (Å²) < 4.78 is 15.3. The predicted molar refractivity (Wildman–Crippen MR) is 122 cm³/mol. The van der Waals surface area contributed by atoms with Gasteiger partial charge >= 0.3 is 0 Å². The van der Waals surface area contributed by atoms with E-state index in [4.69, 9.17) is 0 Å². The van der Waals surface area contributed by atoms with Crippen LogP contribution in [0.2, 0.25) is 0 Å². The number of aromatic nitrogens is 2. The SMILES string of the molecule is Cn1nc(C(=O)N2CCC[C@@H](C(=O)NC3CC3)C2)c2c1CCN(C(=O)Cc1cccc(F)c1)C2. The fourth-order valence-corrected chi connectivity index (χ4v) is 4.98. The van der Waals surface area contributed by atoms with Gasteiger partial charge in [-0.15, -0.1) is 0 Å². The largest absolute Gasteiger partial charge is 0.353 e. The third kappa shape index (κ3) is 4.69. The molecule has 1 aliphatic carbocycles. The molecule has 1 N–H and O–H groups in total. The van der Waals surface area contributed by atoms with Crippen molar-refractivity contribution in [2.45, 2.75) is 51.1 Å². The molecule has 1 atom stereocenters. The summed E-state index contributed by atoms with van der Waals surface area (Å²) in [6.45, 7) is 1.82. The van der Waals surface area contributed by atoms with Crippen LogP contribution in [-0.2, 0) is 36.0 Å². The minimum absolute atomic E-state index is 0.0390. The third-order valence-corrected chi connectivity index (χ3v) is 7.05.